The van der Waals surface area contributed by atoms with E-state index in [2.05, 4.69) is 0 Å². The second-order valence-corrected chi connectivity index (χ2v) is 10.3. The summed E-state index contributed by atoms with van der Waals surface area (Å²) in [5.41, 5.74) is -1.01. The smallest absolute Gasteiger partial charge is 0.746 e. The van der Waals surface area contributed by atoms with Crippen LogP contribution in [0, 0.1) is 10.8 Å². The van der Waals surface area contributed by atoms with Crippen molar-refractivity contribution in [1.29, 1.82) is 0 Å². The van der Waals surface area contributed by atoms with Gasteiger partial charge in [-0.15, -0.1) is 0 Å². The van der Waals surface area contributed by atoms with Crippen molar-refractivity contribution in [1.82, 2.24) is 0 Å². The Bertz CT molecular complexity index is 670. The molecule has 0 saturated heterocycles. The summed E-state index contributed by atoms with van der Waals surface area (Å²) in [4.78, 5) is -1.84. The molecule has 0 amide bonds. The van der Waals surface area contributed by atoms with Crippen molar-refractivity contribution in [2.45, 2.75) is 52.9 Å². The Morgan fingerprint density at radius 3 is 1.93 bits per heavy atom. The van der Waals surface area contributed by atoms with Crippen LogP contribution in [0.5, 0.6) is 5.75 Å². The van der Waals surface area contributed by atoms with Crippen LogP contribution in [0.15, 0.2) is 30.3 Å². The van der Waals surface area contributed by atoms with Gasteiger partial charge >= 0.3 is 29.6 Å². The maximum Gasteiger partial charge on any atom is 1.00 e. The molecule has 1 rings (SSSR count). The molecule has 1 atom stereocenters. The average molecular weight is 425 g/mol. The summed E-state index contributed by atoms with van der Waals surface area (Å²) in [6.45, 7) is 11.8. The summed E-state index contributed by atoms with van der Waals surface area (Å²) >= 11 is 0. The zero-order valence-electron chi connectivity index (χ0n) is 18.3. The first-order chi connectivity index (χ1) is 12.3. The predicted octanol–water partition coefficient (Wildman–Crippen LogP) is 0.826. The van der Waals surface area contributed by atoms with Gasteiger partial charge in [-0.3, -0.25) is 0 Å². The Morgan fingerprint density at radius 1 is 0.893 bits per heavy atom. The first-order valence-electron chi connectivity index (χ1n) is 9.13. The summed E-state index contributed by atoms with van der Waals surface area (Å²) in [6.07, 6.45) is 0.518. The van der Waals surface area contributed by atoms with Gasteiger partial charge in [-0.05, 0) is 30.9 Å². The molecule has 6 nitrogen and oxygen atoms in total. The molecule has 8 heteroatoms. The minimum absolute atomic E-state index is 0. The Morgan fingerprint density at radius 2 is 1.43 bits per heavy atom. The van der Waals surface area contributed by atoms with Gasteiger partial charge in [0.15, 0.2) is 4.93 Å². The summed E-state index contributed by atoms with van der Waals surface area (Å²) in [5, 5.41) is 0. The topological polar surface area (TPSA) is 84.9 Å². The fourth-order valence-corrected chi connectivity index (χ4v) is 4.20. The van der Waals surface area contributed by atoms with E-state index >= 15 is 0 Å². The van der Waals surface area contributed by atoms with Crippen molar-refractivity contribution in [3.63, 3.8) is 0 Å². The Balaban J connectivity index is 0.00000729. The molecule has 1 aromatic rings. The van der Waals surface area contributed by atoms with Crippen LogP contribution in [-0.4, -0.2) is 44.3 Å². The molecule has 0 radical (unpaired) electrons. The minimum Gasteiger partial charge on any atom is -0.746 e. The third-order valence-corrected chi connectivity index (χ3v) is 6.15. The van der Waals surface area contributed by atoms with Gasteiger partial charge in [0.1, 0.15) is 22.5 Å². The van der Waals surface area contributed by atoms with Gasteiger partial charge in [-0.25, -0.2) is 8.42 Å². The third kappa shape index (κ3) is 8.69. The van der Waals surface area contributed by atoms with Crippen LogP contribution in [0.4, 0.5) is 0 Å². The van der Waals surface area contributed by atoms with E-state index in [1.165, 1.54) is 6.92 Å². The molecule has 156 valence electrons. The minimum atomic E-state index is -4.68. The molecule has 0 bridgehead atoms. The third-order valence-electron chi connectivity index (χ3n) is 4.52. The fraction of sp³-hybridized carbons (Fsp3) is 0.700. The van der Waals surface area contributed by atoms with Crippen LogP contribution in [0.1, 0.15) is 48.0 Å². The molecule has 1 aromatic carbocycles. The Labute approximate surface area is 192 Å². The zero-order valence-corrected chi connectivity index (χ0v) is 21.1. The number of ether oxygens (including phenoxy) is 3. The van der Waals surface area contributed by atoms with E-state index in [1.807, 2.05) is 51.1 Å². The van der Waals surface area contributed by atoms with E-state index in [-0.39, 0.29) is 48.2 Å². The predicted molar refractivity (Wildman–Crippen MR) is 105 cm³/mol. The maximum atomic E-state index is 12.0. The quantitative estimate of drug-likeness (QED) is 0.297. The van der Waals surface area contributed by atoms with Crippen LogP contribution >= 0.6 is 0 Å². The van der Waals surface area contributed by atoms with Gasteiger partial charge in [0.25, 0.3) is 0 Å². The summed E-state index contributed by atoms with van der Waals surface area (Å²) < 4.78 is 52.4. The van der Waals surface area contributed by atoms with E-state index in [4.69, 9.17) is 14.2 Å². The normalized spacial score (nSPS) is 14.8. The number of benzene rings is 1. The molecular weight excluding hydrogens is 391 g/mol. The van der Waals surface area contributed by atoms with Crippen LogP contribution in [0.25, 0.3) is 0 Å². The van der Waals surface area contributed by atoms with Crippen molar-refractivity contribution < 1.29 is 56.7 Å². The van der Waals surface area contributed by atoms with Crippen LogP contribution in [-0.2, 0) is 19.6 Å². The number of para-hydroxylation sites is 1. The SMILES string of the molecule is CC(C)(C)CC(C)(C)C(C)(OCCOCCOc1ccccc1)S(=O)(=O)[O-].[Na+]. The number of hydrogen-bond acceptors (Lipinski definition) is 6. The molecule has 0 N–H and O–H groups in total. The molecule has 0 aliphatic rings. The van der Waals surface area contributed by atoms with Gasteiger partial charge in [0.05, 0.1) is 19.8 Å². The van der Waals surface area contributed by atoms with Crippen LogP contribution < -0.4 is 34.3 Å². The van der Waals surface area contributed by atoms with Gasteiger partial charge in [-0.2, -0.15) is 0 Å². The van der Waals surface area contributed by atoms with Gasteiger partial charge < -0.3 is 18.8 Å². The molecule has 0 aliphatic heterocycles. The summed E-state index contributed by atoms with van der Waals surface area (Å²) in [7, 11) is -4.68. The molecular formula is C20H33NaO6S. The summed E-state index contributed by atoms with van der Waals surface area (Å²) in [5.74, 6) is 0.756. The van der Waals surface area contributed by atoms with Crippen LogP contribution in [0.3, 0.4) is 0 Å². The zero-order chi connectivity index (χ0) is 20.8. The van der Waals surface area contributed by atoms with E-state index < -0.39 is 20.5 Å². The van der Waals surface area contributed by atoms with Gasteiger partial charge in [0, 0.05) is 5.41 Å². The van der Waals surface area contributed by atoms with Crippen molar-refractivity contribution in [2.75, 3.05) is 26.4 Å². The fourth-order valence-electron chi connectivity index (χ4n) is 3.22. The molecule has 0 fully saturated rings. The Hall–Kier alpha value is -0.150. The van der Waals surface area contributed by atoms with Gasteiger partial charge in [0.2, 0.25) is 0 Å². The van der Waals surface area contributed by atoms with Crippen molar-refractivity contribution in [2.24, 2.45) is 10.8 Å². The molecule has 28 heavy (non-hydrogen) atoms. The number of rotatable bonds is 11. The standard InChI is InChI=1S/C20H34O6S.Na/c1-18(2,3)16-19(4,5)20(6,27(21,22)23)26-15-13-24-12-14-25-17-10-8-7-9-11-17;/h7-11H,12-16H2,1-6H3,(H,21,22,23);/q;+1/p-1. The molecule has 0 heterocycles. The van der Waals surface area contributed by atoms with E-state index in [0.717, 1.165) is 5.75 Å². The van der Waals surface area contributed by atoms with E-state index in [9.17, 15) is 13.0 Å². The molecule has 0 aliphatic carbocycles. The first kappa shape index (κ1) is 27.8. The van der Waals surface area contributed by atoms with Crippen LogP contribution in [0.2, 0.25) is 0 Å². The Kier molecular flexibility index (Phi) is 11.2. The summed E-state index contributed by atoms with van der Waals surface area (Å²) in [6, 6.07) is 9.37. The molecule has 0 spiro atoms. The monoisotopic (exact) mass is 424 g/mol. The number of hydrogen-bond donors (Lipinski definition) is 0. The van der Waals surface area contributed by atoms with E-state index in [1.54, 1.807) is 13.8 Å². The second kappa shape index (κ2) is 11.3. The van der Waals surface area contributed by atoms with Gasteiger partial charge in [-0.1, -0.05) is 52.8 Å². The average Bonchev–Trinajstić information content (AvgIpc) is 2.51. The second-order valence-electron chi connectivity index (χ2n) is 8.64. The van der Waals surface area contributed by atoms with Crippen molar-refractivity contribution in [3.05, 3.63) is 30.3 Å². The molecule has 0 aromatic heterocycles. The molecule has 0 saturated carbocycles. The maximum absolute atomic E-state index is 12.0. The molecule has 1 unspecified atom stereocenters. The largest absolute Gasteiger partial charge is 1.00 e. The van der Waals surface area contributed by atoms with Crippen molar-refractivity contribution >= 4 is 10.1 Å². The van der Waals surface area contributed by atoms with E-state index in [0.29, 0.717) is 19.6 Å². The van der Waals surface area contributed by atoms with Crippen molar-refractivity contribution in [3.8, 4) is 5.75 Å². The first-order valence-corrected chi connectivity index (χ1v) is 10.5.